The van der Waals surface area contributed by atoms with E-state index in [1.165, 1.54) is 61.3 Å². The molecule has 20 heteroatoms. The van der Waals surface area contributed by atoms with E-state index in [1.54, 1.807) is 24.3 Å². The Morgan fingerprint density at radius 2 is 1.70 bits per heavy atom. The van der Waals surface area contributed by atoms with Crippen LogP contribution in [0.25, 0.3) is 38.8 Å². The molecule has 4 aromatic carbocycles. The van der Waals surface area contributed by atoms with Crippen molar-refractivity contribution in [2.75, 3.05) is 18.0 Å². The van der Waals surface area contributed by atoms with Crippen LogP contribution < -0.4 is 20.3 Å². The predicted octanol–water partition coefficient (Wildman–Crippen LogP) is 7.86. The summed E-state index contributed by atoms with van der Waals surface area (Å²) in [7, 11) is 3.02. The first kappa shape index (κ1) is 41.7. The number of rotatable bonds is 12. The lowest BCUT2D eigenvalue weighted by Gasteiger charge is -2.22. The maximum absolute atomic E-state index is 14.8. The summed E-state index contributed by atoms with van der Waals surface area (Å²) in [6.45, 7) is -0.0212. The molecule has 0 aliphatic rings. The monoisotopic (exact) mass is 867 g/mol. The van der Waals surface area contributed by atoms with Crippen molar-refractivity contribution >= 4 is 56.6 Å². The number of ether oxygens (including phenoxy) is 2. The minimum Gasteiger partial charge on any atom is -0.497 e. The first-order chi connectivity index (χ1) is 28.5. The van der Waals surface area contributed by atoms with E-state index in [0.29, 0.717) is 11.8 Å². The number of carbonyl (C=O) groups is 1. The van der Waals surface area contributed by atoms with Gasteiger partial charge in [-0.05, 0) is 78.2 Å². The van der Waals surface area contributed by atoms with Crippen LogP contribution in [0.3, 0.4) is 0 Å². The molecule has 310 valence electrons. The van der Waals surface area contributed by atoms with Gasteiger partial charge in [-0.15, -0.1) is 0 Å². The molecule has 0 aliphatic heterocycles. The SMILES string of the molecule is COc1ccc(CCN(c2nn(C)c3c(-n4c(C(Cc5cc(F)cc(F)c5)OC(N)=O)nc5cc(-c6cccc(C(F)(F)F)n6)ccc5c4=O)ccc(Cl)c23)S(=O)O)cc1. The normalized spacial score (nSPS) is 12.8. The number of amides is 1. The molecular formula is C40H31ClF5N7O6S. The summed E-state index contributed by atoms with van der Waals surface area (Å²) in [5, 5.41) is 4.68. The lowest BCUT2D eigenvalue weighted by molar-refractivity contribution is -0.141. The second kappa shape index (κ2) is 16.7. The maximum atomic E-state index is 14.8. The third kappa shape index (κ3) is 8.50. The molecule has 3 aromatic heterocycles. The fourth-order valence-electron chi connectivity index (χ4n) is 6.81. The van der Waals surface area contributed by atoms with Gasteiger partial charge in [0.25, 0.3) is 16.8 Å². The minimum absolute atomic E-state index is 0.0212. The van der Waals surface area contributed by atoms with Gasteiger partial charge in [0.05, 0.1) is 45.3 Å². The van der Waals surface area contributed by atoms with Crippen LogP contribution in [0.2, 0.25) is 5.02 Å². The van der Waals surface area contributed by atoms with Crippen LogP contribution in [0.1, 0.15) is 28.7 Å². The summed E-state index contributed by atoms with van der Waals surface area (Å²) in [5.41, 5.74) is 4.45. The molecule has 2 atom stereocenters. The lowest BCUT2D eigenvalue weighted by Crippen LogP contribution is -2.30. The van der Waals surface area contributed by atoms with Gasteiger partial charge >= 0.3 is 12.3 Å². The Bertz CT molecular complexity index is 2850. The van der Waals surface area contributed by atoms with E-state index in [1.807, 2.05) is 0 Å². The van der Waals surface area contributed by atoms with E-state index in [2.05, 4.69) is 10.1 Å². The molecule has 0 spiro atoms. The highest BCUT2D eigenvalue weighted by Gasteiger charge is 2.33. The number of aryl methyl sites for hydroxylation is 1. The van der Waals surface area contributed by atoms with E-state index < -0.39 is 58.9 Å². The number of halogens is 6. The largest absolute Gasteiger partial charge is 0.497 e. The van der Waals surface area contributed by atoms with Gasteiger partial charge in [-0.25, -0.2) is 27.8 Å². The van der Waals surface area contributed by atoms with Crippen molar-refractivity contribution < 1.29 is 45.0 Å². The third-order valence-corrected chi connectivity index (χ3v) is 10.5. The average Bonchev–Trinajstić information content (AvgIpc) is 3.54. The minimum atomic E-state index is -4.75. The molecule has 3 heterocycles. The van der Waals surface area contributed by atoms with E-state index in [-0.39, 0.29) is 73.9 Å². The summed E-state index contributed by atoms with van der Waals surface area (Å²) in [6, 6.07) is 19.8. The smallest absolute Gasteiger partial charge is 0.433 e. The summed E-state index contributed by atoms with van der Waals surface area (Å²) in [6.07, 6.45) is -7.91. The van der Waals surface area contributed by atoms with Crippen LogP contribution in [0, 0.1) is 11.6 Å². The van der Waals surface area contributed by atoms with Crippen LogP contribution in [0.4, 0.5) is 32.6 Å². The zero-order chi connectivity index (χ0) is 43.0. The number of nitrogens with two attached hydrogens (primary N) is 1. The van der Waals surface area contributed by atoms with Crippen molar-refractivity contribution in [2.45, 2.75) is 25.1 Å². The van der Waals surface area contributed by atoms with Gasteiger partial charge in [0.1, 0.15) is 23.1 Å². The molecule has 13 nitrogen and oxygen atoms in total. The third-order valence-electron chi connectivity index (χ3n) is 9.45. The Kier molecular flexibility index (Phi) is 11.6. The Labute approximate surface area is 344 Å². The summed E-state index contributed by atoms with van der Waals surface area (Å²) in [4.78, 5) is 35.7. The zero-order valence-corrected chi connectivity index (χ0v) is 32.9. The summed E-state index contributed by atoms with van der Waals surface area (Å²) >= 11 is 4.15. The van der Waals surface area contributed by atoms with Gasteiger partial charge < -0.3 is 15.2 Å². The highest BCUT2D eigenvalue weighted by molar-refractivity contribution is 7.80. The van der Waals surface area contributed by atoms with Gasteiger partial charge in [-0.3, -0.25) is 22.9 Å². The number of fused-ring (bicyclic) bond motifs is 2. The van der Waals surface area contributed by atoms with Crippen LogP contribution in [0.5, 0.6) is 5.75 Å². The second-order valence-electron chi connectivity index (χ2n) is 13.3. The highest BCUT2D eigenvalue weighted by atomic mass is 35.5. The molecule has 3 N–H and O–H groups in total. The Morgan fingerprint density at radius 1 is 0.983 bits per heavy atom. The zero-order valence-electron chi connectivity index (χ0n) is 31.3. The van der Waals surface area contributed by atoms with E-state index >= 15 is 0 Å². The molecule has 7 aromatic rings. The van der Waals surface area contributed by atoms with E-state index in [4.69, 9.17) is 31.8 Å². The first-order valence-electron chi connectivity index (χ1n) is 17.7. The van der Waals surface area contributed by atoms with E-state index in [9.17, 15) is 40.3 Å². The van der Waals surface area contributed by atoms with Crippen LogP contribution >= 0.6 is 11.6 Å². The first-order valence-corrected chi connectivity index (χ1v) is 19.2. The number of carbonyl (C=O) groups excluding carboxylic acids is 1. The fraction of sp³-hybridized carbons (Fsp3) is 0.175. The highest BCUT2D eigenvalue weighted by Crippen LogP contribution is 2.38. The quantitative estimate of drug-likeness (QED) is 0.0918. The van der Waals surface area contributed by atoms with Gasteiger partial charge in [-0.2, -0.15) is 18.3 Å². The van der Waals surface area contributed by atoms with Gasteiger partial charge in [0.2, 0.25) is 0 Å². The van der Waals surface area contributed by atoms with Crippen molar-refractivity contribution in [2.24, 2.45) is 12.8 Å². The number of hydrogen-bond donors (Lipinski definition) is 2. The number of benzene rings is 4. The molecule has 0 fully saturated rings. The standard InChI is InChI=1S/C40H31ClF5N7O6S/c1-51-35-31(13-12-28(41)34(35)37(50-51)52(60(56)57)15-14-21-6-9-26(58-2)10-7-21)53-36(32(59-39(47)55)18-22-16-24(42)20-25(43)17-22)49-30-19-23(8-11-27(30)38(53)54)29-4-3-5-33(48-29)40(44,45)46/h3-13,16-17,19-20,32H,14-15,18H2,1-2H3,(H2,47,55)(H,56,57). The lowest BCUT2D eigenvalue weighted by atomic mass is 10.0. The summed E-state index contributed by atoms with van der Waals surface area (Å²) in [5.74, 6) is -1.66. The molecule has 7 rings (SSSR count). The van der Waals surface area contributed by atoms with Crippen molar-refractivity contribution in [3.05, 3.63) is 141 Å². The second-order valence-corrected chi connectivity index (χ2v) is 14.6. The van der Waals surface area contributed by atoms with Crippen LogP contribution in [-0.4, -0.2) is 52.8 Å². The molecule has 0 bridgehead atoms. The Balaban J connectivity index is 1.45. The molecule has 60 heavy (non-hydrogen) atoms. The number of nitrogens with zero attached hydrogens (tertiary/aromatic N) is 6. The van der Waals surface area contributed by atoms with E-state index in [0.717, 1.165) is 32.6 Å². The molecule has 0 saturated carbocycles. The number of primary amides is 1. The Morgan fingerprint density at radius 3 is 2.35 bits per heavy atom. The number of methoxy groups -OCH3 is 1. The molecule has 0 radical (unpaired) electrons. The van der Waals surface area contributed by atoms with Gasteiger partial charge in [-0.1, -0.05) is 35.9 Å². The molecule has 2 unspecified atom stereocenters. The van der Waals surface area contributed by atoms with Gasteiger partial charge in [0, 0.05) is 31.6 Å². The number of alkyl halides is 3. The molecule has 0 saturated heterocycles. The maximum Gasteiger partial charge on any atom is 0.433 e. The summed E-state index contributed by atoms with van der Waals surface area (Å²) < 4.78 is 107. The van der Waals surface area contributed by atoms with Crippen LogP contribution in [0.15, 0.2) is 95.8 Å². The van der Waals surface area contributed by atoms with Crippen molar-refractivity contribution in [3.8, 4) is 22.7 Å². The number of pyridine rings is 1. The average molecular weight is 868 g/mol. The fourth-order valence-corrected chi connectivity index (χ4v) is 7.57. The molecule has 0 aliphatic carbocycles. The van der Waals surface area contributed by atoms with Crippen LogP contribution in [-0.2, 0) is 42.1 Å². The topological polar surface area (TPSA) is 168 Å². The Hall–Kier alpha value is -6.44. The molecular weight excluding hydrogens is 837 g/mol. The predicted molar refractivity (Wildman–Crippen MR) is 213 cm³/mol. The number of anilines is 1. The molecule has 1 amide bonds. The van der Waals surface area contributed by atoms with Crippen molar-refractivity contribution in [1.82, 2.24) is 24.3 Å². The van der Waals surface area contributed by atoms with Crippen molar-refractivity contribution in [3.63, 3.8) is 0 Å². The number of hydrogen-bond acceptors (Lipinski definition) is 8. The number of aromatic nitrogens is 5. The van der Waals surface area contributed by atoms with Crippen molar-refractivity contribution in [1.29, 1.82) is 0 Å². The van der Waals surface area contributed by atoms with Gasteiger partial charge in [0.15, 0.2) is 17.7 Å².